The Balaban J connectivity index is 3.38. The molecule has 0 aliphatic carbocycles. The number of rotatable bonds is 2. The highest BCUT2D eigenvalue weighted by molar-refractivity contribution is 5.33. The van der Waals surface area contributed by atoms with Gasteiger partial charge in [-0.05, 0) is 9.91 Å². The fourth-order valence-electron chi connectivity index (χ4n) is 0.992. The van der Waals surface area contributed by atoms with Crippen molar-refractivity contribution in [2.24, 2.45) is 12.8 Å². The zero-order valence-electron chi connectivity index (χ0n) is 6.89. The van der Waals surface area contributed by atoms with Crippen LogP contribution >= 0.6 is 0 Å². The molecule has 1 heterocycles. The maximum Gasteiger partial charge on any atom is 0.387 e. The average Bonchev–Trinajstić information content (AvgIpc) is 2.42. The summed E-state index contributed by atoms with van der Waals surface area (Å²) in [4.78, 5) is 13.3. The van der Waals surface area contributed by atoms with Crippen molar-refractivity contribution in [2.45, 2.75) is 6.54 Å². The molecule has 7 nitrogen and oxygen atoms in total. The third kappa shape index (κ3) is 1.34. The van der Waals surface area contributed by atoms with Crippen LogP contribution in [0.5, 0.6) is 0 Å². The highest BCUT2D eigenvalue weighted by Gasteiger charge is 2.23. The molecule has 0 aliphatic rings. The van der Waals surface area contributed by atoms with E-state index in [4.69, 9.17) is 11.0 Å². The summed E-state index contributed by atoms with van der Waals surface area (Å²) in [7, 11) is 1.51. The highest BCUT2D eigenvalue weighted by Crippen LogP contribution is 2.16. The van der Waals surface area contributed by atoms with Gasteiger partial charge in [0.15, 0.2) is 6.07 Å². The Morgan fingerprint density at radius 2 is 2.46 bits per heavy atom. The van der Waals surface area contributed by atoms with Gasteiger partial charge in [-0.3, -0.25) is 4.57 Å². The molecule has 0 amide bonds. The molecular weight excluding hydrogens is 174 g/mol. The highest BCUT2D eigenvalue weighted by atomic mass is 16.6. The van der Waals surface area contributed by atoms with Crippen molar-refractivity contribution in [3.05, 3.63) is 21.6 Å². The lowest BCUT2D eigenvalue weighted by molar-refractivity contribution is -0.390. The van der Waals surface area contributed by atoms with Gasteiger partial charge in [0, 0.05) is 13.6 Å². The lowest BCUT2D eigenvalue weighted by Gasteiger charge is -1.95. The van der Waals surface area contributed by atoms with Crippen molar-refractivity contribution < 1.29 is 4.92 Å². The van der Waals surface area contributed by atoms with Crippen molar-refractivity contribution >= 4 is 5.82 Å². The number of nitro groups is 1. The minimum Gasteiger partial charge on any atom is -0.358 e. The molecule has 0 unspecified atom stereocenters. The van der Waals surface area contributed by atoms with Gasteiger partial charge in [-0.25, -0.2) is 0 Å². The van der Waals surface area contributed by atoms with E-state index in [0.717, 1.165) is 0 Å². The van der Waals surface area contributed by atoms with E-state index >= 15 is 0 Å². The predicted molar refractivity (Wildman–Crippen MR) is 42.5 cm³/mol. The fourth-order valence-corrected chi connectivity index (χ4v) is 0.992. The first-order chi connectivity index (χ1) is 6.11. The number of imidazole rings is 1. The molecule has 13 heavy (non-hydrogen) atoms. The van der Waals surface area contributed by atoms with Crippen molar-refractivity contribution in [2.75, 3.05) is 0 Å². The van der Waals surface area contributed by atoms with Crippen LogP contribution in [0, 0.1) is 21.4 Å². The first kappa shape index (κ1) is 9.15. The lowest BCUT2D eigenvalue weighted by Crippen LogP contribution is -2.06. The van der Waals surface area contributed by atoms with E-state index in [2.05, 4.69) is 4.98 Å². The van der Waals surface area contributed by atoms with Crippen LogP contribution in [0.3, 0.4) is 0 Å². The number of hydrogen-bond acceptors (Lipinski definition) is 5. The Morgan fingerprint density at radius 3 is 2.77 bits per heavy atom. The second kappa shape index (κ2) is 3.20. The van der Waals surface area contributed by atoms with Gasteiger partial charge in [-0.1, -0.05) is 0 Å². The summed E-state index contributed by atoms with van der Waals surface area (Å²) in [5.41, 5.74) is 5.53. The van der Waals surface area contributed by atoms with Gasteiger partial charge in [0.05, 0.1) is 0 Å². The van der Waals surface area contributed by atoms with Crippen LogP contribution in [0.1, 0.15) is 11.5 Å². The molecule has 1 aromatic rings. The Kier molecular flexibility index (Phi) is 2.25. The van der Waals surface area contributed by atoms with Gasteiger partial charge in [0.2, 0.25) is 0 Å². The molecule has 7 heteroatoms. The maximum atomic E-state index is 10.4. The monoisotopic (exact) mass is 181 g/mol. The molecule has 1 rings (SSSR count). The standard InChI is InChI=1S/C6H7N5O2/c1-10-4(2-7)6(11(12)13)9-5(10)3-8/h2,7H2,1H3. The van der Waals surface area contributed by atoms with E-state index in [1.165, 1.54) is 11.6 Å². The number of nitrogens with two attached hydrogens (primary N) is 1. The molecule has 0 saturated carbocycles. The van der Waals surface area contributed by atoms with E-state index in [1.807, 2.05) is 0 Å². The second-order valence-corrected chi connectivity index (χ2v) is 2.34. The number of hydrogen-bond donors (Lipinski definition) is 1. The van der Waals surface area contributed by atoms with Crippen molar-refractivity contribution in [1.29, 1.82) is 5.26 Å². The average molecular weight is 181 g/mol. The van der Waals surface area contributed by atoms with Gasteiger partial charge in [-0.15, -0.1) is 0 Å². The first-order valence-electron chi connectivity index (χ1n) is 3.42. The minimum atomic E-state index is -0.650. The van der Waals surface area contributed by atoms with Crippen LogP contribution in [0.15, 0.2) is 0 Å². The van der Waals surface area contributed by atoms with Gasteiger partial charge in [-0.2, -0.15) is 5.26 Å². The molecule has 0 spiro atoms. The van der Waals surface area contributed by atoms with Crippen molar-refractivity contribution in [3.8, 4) is 6.07 Å². The molecule has 2 N–H and O–H groups in total. The summed E-state index contributed by atoms with van der Waals surface area (Å²) < 4.78 is 1.32. The van der Waals surface area contributed by atoms with Crippen LogP contribution in [-0.4, -0.2) is 14.5 Å². The van der Waals surface area contributed by atoms with Crippen LogP contribution in [0.2, 0.25) is 0 Å². The molecule has 0 saturated heterocycles. The first-order valence-corrected chi connectivity index (χ1v) is 3.42. The lowest BCUT2D eigenvalue weighted by atomic mass is 10.4. The number of nitriles is 1. The molecule has 0 atom stereocenters. The Bertz CT molecular complexity index is 388. The van der Waals surface area contributed by atoms with Crippen LogP contribution in [0.25, 0.3) is 0 Å². The summed E-state index contributed by atoms with van der Waals surface area (Å²) in [6.07, 6.45) is 0. The normalized spacial score (nSPS) is 9.62. The molecular formula is C6H7N5O2. The minimum absolute atomic E-state index is 0.00727. The molecule has 0 fully saturated rings. The van der Waals surface area contributed by atoms with Gasteiger partial charge >= 0.3 is 11.6 Å². The van der Waals surface area contributed by atoms with E-state index in [-0.39, 0.29) is 23.9 Å². The van der Waals surface area contributed by atoms with E-state index in [0.29, 0.717) is 0 Å². The third-order valence-electron chi connectivity index (χ3n) is 1.66. The molecule has 0 bridgehead atoms. The topological polar surface area (TPSA) is 111 Å². The van der Waals surface area contributed by atoms with Crippen LogP contribution < -0.4 is 5.73 Å². The molecule has 68 valence electrons. The van der Waals surface area contributed by atoms with Crippen molar-refractivity contribution in [1.82, 2.24) is 9.55 Å². The molecule has 1 aromatic heterocycles. The Labute approximate surface area is 73.6 Å². The molecule has 0 aliphatic heterocycles. The van der Waals surface area contributed by atoms with Crippen LogP contribution in [-0.2, 0) is 13.6 Å². The van der Waals surface area contributed by atoms with Gasteiger partial charge < -0.3 is 15.8 Å². The zero-order valence-corrected chi connectivity index (χ0v) is 6.89. The number of aromatic nitrogens is 2. The van der Waals surface area contributed by atoms with Gasteiger partial charge in [0.25, 0.3) is 0 Å². The Hall–Kier alpha value is -1.94. The molecule has 0 radical (unpaired) electrons. The van der Waals surface area contributed by atoms with Gasteiger partial charge in [0.1, 0.15) is 5.69 Å². The summed E-state index contributed by atoms with van der Waals surface area (Å²) in [5, 5.41) is 19.0. The van der Waals surface area contributed by atoms with E-state index < -0.39 is 4.92 Å². The van der Waals surface area contributed by atoms with Crippen LogP contribution in [0.4, 0.5) is 5.82 Å². The maximum absolute atomic E-state index is 10.4. The summed E-state index contributed by atoms with van der Waals surface area (Å²) in [6.45, 7) is -0.0124. The molecule has 0 aromatic carbocycles. The van der Waals surface area contributed by atoms with E-state index in [1.54, 1.807) is 6.07 Å². The van der Waals surface area contributed by atoms with E-state index in [9.17, 15) is 10.1 Å². The third-order valence-corrected chi connectivity index (χ3v) is 1.66. The summed E-state index contributed by atoms with van der Waals surface area (Å²) in [6, 6.07) is 1.74. The SMILES string of the molecule is Cn1c(C#N)nc([N+](=O)[O-])c1CN. The zero-order chi connectivity index (χ0) is 10.0. The summed E-state index contributed by atoms with van der Waals surface area (Å²) in [5.74, 6) is -0.353. The smallest absolute Gasteiger partial charge is 0.358 e. The Morgan fingerprint density at radius 1 is 1.85 bits per heavy atom. The largest absolute Gasteiger partial charge is 0.387 e. The van der Waals surface area contributed by atoms with Crippen molar-refractivity contribution in [3.63, 3.8) is 0 Å². The second-order valence-electron chi connectivity index (χ2n) is 2.34. The summed E-state index contributed by atoms with van der Waals surface area (Å²) >= 11 is 0. The fraction of sp³-hybridized carbons (Fsp3) is 0.333. The number of nitrogens with zero attached hydrogens (tertiary/aromatic N) is 4. The quantitative estimate of drug-likeness (QED) is 0.495. The predicted octanol–water partition coefficient (Wildman–Crippen LogP) is -0.341.